The largest absolute Gasteiger partial charge is 0.462 e. The third kappa shape index (κ3) is 6.21. The Morgan fingerprint density at radius 1 is 1.10 bits per heavy atom. The van der Waals surface area contributed by atoms with Gasteiger partial charge in [-0.05, 0) is 27.7 Å². The van der Waals surface area contributed by atoms with Crippen LogP contribution >= 0.6 is 11.8 Å². The molecule has 0 bridgehead atoms. The molecule has 2 aromatic heterocycles. The first-order chi connectivity index (χ1) is 14.2. The summed E-state index contributed by atoms with van der Waals surface area (Å²) in [4.78, 5) is 51.2. The van der Waals surface area contributed by atoms with Crippen molar-refractivity contribution in [3.05, 3.63) is 34.3 Å². The van der Waals surface area contributed by atoms with E-state index in [1.165, 1.54) is 0 Å². The summed E-state index contributed by atoms with van der Waals surface area (Å²) in [6, 6.07) is 1.57. The molecule has 0 aliphatic heterocycles. The third-order valence-electron chi connectivity index (χ3n) is 3.85. The standard InChI is InChI=1S/C19H23N3O7S/c1-5-27-19(26)18-12(4)20-11(3)17(18)13(23)7-28-16(25)9-30-8-15(24)21-14-6-10(2)29-22-14/h6,20H,5,7-9H2,1-4H3,(H,21,22,24). The molecule has 162 valence electrons. The molecule has 2 N–H and O–H groups in total. The summed E-state index contributed by atoms with van der Waals surface area (Å²) in [5.41, 5.74) is 1.29. The number of ketones is 1. The Morgan fingerprint density at radius 2 is 1.80 bits per heavy atom. The lowest BCUT2D eigenvalue weighted by atomic mass is 10.1. The number of H-pyrrole nitrogens is 1. The second-order valence-electron chi connectivity index (χ2n) is 6.29. The van der Waals surface area contributed by atoms with Gasteiger partial charge in [-0.25, -0.2) is 4.79 Å². The number of Topliss-reactive ketones (excluding diaryl/α,β-unsaturated/α-hetero) is 1. The second kappa shape index (κ2) is 10.6. The van der Waals surface area contributed by atoms with E-state index in [1.807, 2.05) is 0 Å². The number of hydrogen-bond acceptors (Lipinski definition) is 9. The van der Waals surface area contributed by atoms with Crippen molar-refractivity contribution in [2.24, 2.45) is 0 Å². The van der Waals surface area contributed by atoms with Crippen LogP contribution in [-0.4, -0.2) is 58.5 Å². The lowest BCUT2D eigenvalue weighted by Gasteiger charge is -2.07. The number of nitrogens with zero attached hydrogens (tertiary/aromatic N) is 1. The van der Waals surface area contributed by atoms with Gasteiger partial charge in [-0.3, -0.25) is 14.4 Å². The van der Waals surface area contributed by atoms with E-state index in [9.17, 15) is 19.2 Å². The van der Waals surface area contributed by atoms with Gasteiger partial charge in [0, 0.05) is 17.5 Å². The van der Waals surface area contributed by atoms with E-state index in [-0.39, 0.29) is 35.1 Å². The van der Waals surface area contributed by atoms with E-state index in [0.29, 0.717) is 23.0 Å². The number of thioether (sulfide) groups is 1. The summed E-state index contributed by atoms with van der Waals surface area (Å²) in [7, 11) is 0. The lowest BCUT2D eigenvalue weighted by Crippen LogP contribution is -2.20. The average Bonchev–Trinajstić information content (AvgIpc) is 3.21. The zero-order valence-electron chi connectivity index (χ0n) is 17.1. The molecule has 0 aliphatic rings. The molecule has 0 aliphatic carbocycles. The van der Waals surface area contributed by atoms with Gasteiger partial charge >= 0.3 is 11.9 Å². The predicted molar refractivity (Wildman–Crippen MR) is 109 cm³/mol. The zero-order valence-corrected chi connectivity index (χ0v) is 17.9. The van der Waals surface area contributed by atoms with Gasteiger partial charge in [0.25, 0.3) is 0 Å². The Balaban J connectivity index is 1.81. The van der Waals surface area contributed by atoms with Gasteiger partial charge in [0.05, 0.1) is 29.2 Å². The van der Waals surface area contributed by atoms with Crippen molar-refractivity contribution in [2.45, 2.75) is 27.7 Å². The molecule has 2 rings (SSSR count). The molecule has 0 saturated heterocycles. The van der Waals surface area contributed by atoms with Gasteiger partial charge < -0.3 is 24.3 Å². The van der Waals surface area contributed by atoms with Gasteiger partial charge in [0.2, 0.25) is 11.7 Å². The van der Waals surface area contributed by atoms with Crippen LogP contribution in [-0.2, 0) is 19.1 Å². The summed E-state index contributed by atoms with van der Waals surface area (Å²) >= 11 is 1.03. The number of hydrogen-bond donors (Lipinski definition) is 2. The predicted octanol–water partition coefficient (Wildman–Crippen LogP) is 2.20. The topological polar surface area (TPSA) is 141 Å². The maximum absolute atomic E-state index is 12.5. The minimum atomic E-state index is -0.652. The highest BCUT2D eigenvalue weighted by Gasteiger charge is 2.26. The van der Waals surface area contributed by atoms with Crippen LogP contribution in [0.1, 0.15) is 44.8 Å². The summed E-state index contributed by atoms with van der Waals surface area (Å²) in [6.07, 6.45) is 0. The van der Waals surface area contributed by atoms with Gasteiger partial charge in [-0.2, -0.15) is 0 Å². The van der Waals surface area contributed by atoms with Gasteiger partial charge in [0.1, 0.15) is 5.76 Å². The monoisotopic (exact) mass is 437 g/mol. The molecule has 0 unspecified atom stereocenters. The molecule has 0 atom stereocenters. The minimum absolute atomic E-state index is 0.00191. The minimum Gasteiger partial charge on any atom is -0.462 e. The molecule has 0 radical (unpaired) electrons. The van der Waals surface area contributed by atoms with Crippen molar-refractivity contribution < 1.29 is 33.2 Å². The number of esters is 2. The number of amides is 1. The summed E-state index contributed by atoms with van der Waals surface area (Å²) in [5, 5.41) is 6.16. The van der Waals surface area contributed by atoms with E-state index < -0.39 is 24.3 Å². The maximum Gasteiger partial charge on any atom is 0.340 e. The van der Waals surface area contributed by atoms with Crippen molar-refractivity contribution >= 4 is 41.2 Å². The number of rotatable bonds is 10. The molecular formula is C19H23N3O7S. The number of anilines is 1. The van der Waals surface area contributed by atoms with Crippen LogP contribution in [0.3, 0.4) is 0 Å². The molecule has 0 fully saturated rings. The lowest BCUT2D eigenvalue weighted by molar-refractivity contribution is -0.139. The Kier molecular flexibility index (Phi) is 8.22. The molecule has 1 amide bonds. The Morgan fingerprint density at radius 3 is 2.43 bits per heavy atom. The molecule has 10 nitrogen and oxygen atoms in total. The van der Waals surface area contributed by atoms with Crippen molar-refractivity contribution in [3.8, 4) is 0 Å². The van der Waals surface area contributed by atoms with Crippen LogP contribution < -0.4 is 5.32 Å². The quantitative estimate of drug-likeness (QED) is 0.423. The molecule has 0 aromatic carbocycles. The van der Waals surface area contributed by atoms with Crippen LogP contribution in [0.15, 0.2) is 10.6 Å². The maximum atomic E-state index is 12.5. The van der Waals surface area contributed by atoms with Gasteiger partial charge in [0.15, 0.2) is 12.4 Å². The van der Waals surface area contributed by atoms with E-state index in [4.69, 9.17) is 14.0 Å². The molecule has 0 spiro atoms. The fourth-order valence-electron chi connectivity index (χ4n) is 2.68. The van der Waals surface area contributed by atoms with Gasteiger partial charge in [-0.1, -0.05) is 5.16 Å². The van der Waals surface area contributed by atoms with Crippen LogP contribution in [0.25, 0.3) is 0 Å². The highest BCUT2D eigenvalue weighted by Crippen LogP contribution is 2.20. The van der Waals surface area contributed by atoms with Crippen LogP contribution in [0.5, 0.6) is 0 Å². The number of aryl methyl sites for hydroxylation is 3. The fraction of sp³-hybridized carbons (Fsp3) is 0.421. The van der Waals surface area contributed by atoms with Crippen LogP contribution in [0, 0.1) is 20.8 Å². The fourth-order valence-corrected chi connectivity index (χ4v) is 3.29. The first-order valence-corrected chi connectivity index (χ1v) is 10.2. The smallest absolute Gasteiger partial charge is 0.340 e. The number of nitrogens with one attached hydrogen (secondary N) is 2. The van der Waals surface area contributed by atoms with Crippen LogP contribution in [0.2, 0.25) is 0 Å². The van der Waals surface area contributed by atoms with E-state index in [1.54, 1.807) is 33.8 Å². The molecule has 0 saturated carbocycles. The first kappa shape index (κ1) is 23.2. The van der Waals surface area contributed by atoms with Crippen molar-refractivity contribution in [1.29, 1.82) is 0 Å². The van der Waals surface area contributed by atoms with Crippen LogP contribution in [0.4, 0.5) is 5.82 Å². The average molecular weight is 437 g/mol. The highest BCUT2D eigenvalue weighted by molar-refractivity contribution is 8.00. The van der Waals surface area contributed by atoms with Gasteiger partial charge in [-0.15, -0.1) is 11.8 Å². The summed E-state index contributed by atoms with van der Waals surface area (Å²) in [6.45, 7) is 6.32. The number of carbonyl (C=O) groups is 4. The van der Waals surface area contributed by atoms with Crippen molar-refractivity contribution in [1.82, 2.24) is 10.1 Å². The normalized spacial score (nSPS) is 10.5. The van der Waals surface area contributed by atoms with E-state index >= 15 is 0 Å². The molecule has 2 heterocycles. The Bertz CT molecular complexity index is 948. The Labute approximate surface area is 177 Å². The SMILES string of the molecule is CCOC(=O)c1c(C)[nH]c(C)c1C(=O)COC(=O)CSCC(=O)Nc1cc(C)on1. The molecule has 2 aromatic rings. The number of aromatic amines is 1. The molecule has 30 heavy (non-hydrogen) atoms. The first-order valence-electron chi connectivity index (χ1n) is 9.08. The summed E-state index contributed by atoms with van der Waals surface area (Å²) < 4.78 is 14.8. The Hall–Kier alpha value is -3.08. The van der Waals surface area contributed by atoms with Crippen molar-refractivity contribution in [3.63, 3.8) is 0 Å². The summed E-state index contributed by atoms with van der Waals surface area (Å²) in [5.74, 6) is -1.40. The van der Waals surface area contributed by atoms with E-state index in [0.717, 1.165) is 11.8 Å². The van der Waals surface area contributed by atoms with E-state index in [2.05, 4.69) is 15.5 Å². The number of ether oxygens (including phenoxy) is 2. The molecule has 11 heteroatoms. The molecular weight excluding hydrogens is 414 g/mol. The zero-order chi connectivity index (χ0) is 22.3. The van der Waals surface area contributed by atoms with Crippen molar-refractivity contribution in [2.75, 3.05) is 30.0 Å². The second-order valence-corrected chi connectivity index (χ2v) is 7.28. The number of carbonyl (C=O) groups excluding carboxylic acids is 4. The number of aromatic nitrogens is 2. The highest BCUT2D eigenvalue weighted by atomic mass is 32.2. The third-order valence-corrected chi connectivity index (χ3v) is 4.75.